The highest BCUT2D eigenvalue weighted by Gasteiger charge is 2.14. The maximum Gasteiger partial charge on any atom is 0.244 e. The molecule has 160 valence electrons. The minimum absolute atomic E-state index is 0.126. The number of ether oxygens (including phenoxy) is 1. The standard InChI is InChI=1S/C23H29N3O3S/c1-18-25-20(17-30-18)16-29-21-8-6-7-19(15-21)9-10-22(27)24-12-11-23(28)26-13-4-2-3-5-14-26/h6-10,15,17H,2-5,11-14,16H2,1H3,(H,24,27)/b10-9+. The molecule has 1 fully saturated rings. The van der Waals surface area contributed by atoms with Crippen LogP contribution in [0.15, 0.2) is 35.7 Å². The van der Waals surface area contributed by atoms with Crippen molar-refractivity contribution in [2.75, 3.05) is 19.6 Å². The van der Waals surface area contributed by atoms with E-state index in [9.17, 15) is 9.59 Å². The second kappa shape index (κ2) is 11.5. The van der Waals surface area contributed by atoms with E-state index in [1.807, 2.05) is 41.5 Å². The minimum Gasteiger partial charge on any atom is -0.487 e. The second-order valence-electron chi connectivity index (χ2n) is 7.39. The SMILES string of the molecule is Cc1nc(COc2cccc(/C=C/C(=O)NCCC(=O)N3CCCCCC3)c2)cs1. The summed E-state index contributed by atoms with van der Waals surface area (Å²) >= 11 is 1.60. The Morgan fingerprint density at radius 1 is 1.23 bits per heavy atom. The summed E-state index contributed by atoms with van der Waals surface area (Å²) in [6.45, 7) is 4.42. The van der Waals surface area contributed by atoms with Gasteiger partial charge in [-0.1, -0.05) is 25.0 Å². The number of carbonyl (C=O) groups is 2. The van der Waals surface area contributed by atoms with Crippen LogP contribution in [0.4, 0.5) is 0 Å². The number of carbonyl (C=O) groups excluding carboxylic acids is 2. The van der Waals surface area contributed by atoms with Crippen LogP contribution >= 0.6 is 11.3 Å². The van der Waals surface area contributed by atoms with Gasteiger partial charge >= 0.3 is 0 Å². The van der Waals surface area contributed by atoms with Gasteiger partial charge in [0.1, 0.15) is 12.4 Å². The van der Waals surface area contributed by atoms with Gasteiger partial charge in [0.2, 0.25) is 11.8 Å². The van der Waals surface area contributed by atoms with Crippen molar-refractivity contribution < 1.29 is 14.3 Å². The second-order valence-corrected chi connectivity index (χ2v) is 8.45. The lowest BCUT2D eigenvalue weighted by Crippen LogP contribution is -2.34. The molecular weight excluding hydrogens is 398 g/mol. The summed E-state index contributed by atoms with van der Waals surface area (Å²) in [6, 6.07) is 7.56. The molecule has 1 N–H and O–H groups in total. The number of amides is 2. The van der Waals surface area contributed by atoms with Gasteiger partial charge in [-0.15, -0.1) is 11.3 Å². The molecule has 2 amide bonds. The van der Waals surface area contributed by atoms with E-state index < -0.39 is 0 Å². The molecule has 1 saturated heterocycles. The third-order valence-electron chi connectivity index (χ3n) is 4.94. The first-order valence-electron chi connectivity index (χ1n) is 10.5. The molecule has 0 saturated carbocycles. The summed E-state index contributed by atoms with van der Waals surface area (Å²) in [6.07, 6.45) is 8.12. The van der Waals surface area contributed by atoms with Gasteiger partial charge in [0.15, 0.2) is 0 Å². The molecule has 0 radical (unpaired) electrons. The van der Waals surface area contributed by atoms with Crippen LogP contribution in [-0.2, 0) is 16.2 Å². The van der Waals surface area contributed by atoms with Crippen LogP contribution in [0.3, 0.4) is 0 Å². The number of hydrogen-bond donors (Lipinski definition) is 1. The van der Waals surface area contributed by atoms with Crippen molar-refractivity contribution in [2.24, 2.45) is 0 Å². The average Bonchev–Trinajstić information content (AvgIpc) is 2.99. The molecule has 6 nitrogen and oxygen atoms in total. The predicted molar refractivity (Wildman–Crippen MR) is 119 cm³/mol. The smallest absolute Gasteiger partial charge is 0.244 e. The fraction of sp³-hybridized carbons (Fsp3) is 0.435. The Bertz CT molecular complexity index is 870. The Morgan fingerprint density at radius 2 is 2.03 bits per heavy atom. The molecule has 1 aromatic heterocycles. The third kappa shape index (κ3) is 7.30. The van der Waals surface area contributed by atoms with Crippen molar-refractivity contribution in [2.45, 2.75) is 45.6 Å². The Morgan fingerprint density at radius 3 is 2.77 bits per heavy atom. The molecule has 2 aromatic rings. The number of benzene rings is 1. The maximum absolute atomic E-state index is 12.3. The maximum atomic E-state index is 12.3. The van der Waals surface area contributed by atoms with Crippen LogP contribution in [0.25, 0.3) is 6.08 Å². The van der Waals surface area contributed by atoms with Crippen LogP contribution in [0.2, 0.25) is 0 Å². The Balaban J connectivity index is 1.41. The van der Waals surface area contributed by atoms with Crippen molar-refractivity contribution in [1.29, 1.82) is 0 Å². The number of aromatic nitrogens is 1. The molecule has 3 rings (SSSR count). The highest BCUT2D eigenvalue weighted by atomic mass is 32.1. The van der Waals surface area contributed by atoms with Crippen LogP contribution in [0.1, 0.15) is 48.4 Å². The molecule has 30 heavy (non-hydrogen) atoms. The molecular formula is C23H29N3O3S. The molecule has 0 spiro atoms. The van der Waals surface area contributed by atoms with Crippen molar-refractivity contribution >= 4 is 29.2 Å². The monoisotopic (exact) mass is 427 g/mol. The summed E-state index contributed by atoms with van der Waals surface area (Å²) in [5, 5.41) is 5.80. The first kappa shape index (κ1) is 22.0. The van der Waals surface area contributed by atoms with Gasteiger partial charge in [-0.2, -0.15) is 0 Å². The third-order valence-corrected chi connectivity index (χ3v) is 5.76. The number of likely N-dealkylation sites (tertiary alicyclic amines) is 1. The fourth-order valence-corrected chi connectivity index (χ4v) is 3.94. The zero-order valence-corrected chi connectivity index (χ0v) is 18.2. The van der Waals surface area contributed by atoms with Crippen molar-refractivity contribution in [3.05, 3.63) is 52.0 Å². The summed E-state index contributed by atoms with van der Waals surface area (Å²) < 4.78 is 5.78. The lowest BCUT2D eigenvalue weighted by molar-refractivity contribution is -0.131. The quantitative estimate of drug-likeness (QED) is 0.648. The van der Waals surface area contributed by atoms with Gasteiger partial charge in [0.25, 0.3) is 0 Å². The van der Waals surface area contributed by atoms with Crippen LogP contribution in [0, 0.1) is 6.92 Å². The zero-order valence-electron chi connectivity index (χ0n) is 17.4. The van der Waals surface area contributed by atoms with Crippen LogP contribution in [0.5, 0.6) is 5.75 Å². The van der Waals surface area contributed by atoms with E-state index in [1.54, 1.807) is 17.4 Å². The molecule has 1 aliphatic heterocycles. The summed E-state index contributed by atoms with van der Waals surface area (Å²) in [4.78, 5) is 30.6. The van der Waals surface area contributed by atoms with E-state index in [0.29, 0.717) is 19.6 Å². The Kier molecular flexibility index (Phi) is 8.44. The molecule has 1 aliphatic rings. The van der Waals surface area contributed by atoms with Gasteiger partial charge in [0.05, 0.1) is 10.7 Å². The fourth-order valence-electron chi connectivity index (χ4n) is 3.34. The first-order valence-corrected chi connectivity index (χ1v) is 11.4. The van der Waals surface area contributed by atoms with Gasteiger partial charge in [-0.25, -0.2) is 4.98 Å². The number of nitrogens with one attached hydrogen (secondary N) is 1. The topological polar surface area (TPSA) is 71.5 Å². The molecule has 0 unspecified atom stereocenters. The molecule has 7 heteroatoms. The van der Waals surface area contributed by atoms with E-state index in [0.717, 1.165) is 47.9 Å². The number of rotatable bonds is 8. The average molecular weight is 428 g/mol. The molecule has 0 aliphatic carbocycles. The number of hydrogen-bond acceptors (Lipinski definition) is 5. The summed E-state index contributed by atoms with van der Waals surface area (Å²) in [5.41, 5.74) is 1.78. The van der Waals surface area contributed by atoms with Crippen molar-refractivity contribution in [1.82, 2.24) is 15.2 Å². The lowest BCUT2D eigenvalue weighted by Gasteiger charge is -2.20. The van der Waals surface area contributed by atoms with E-state index in [2.05, 4.69) is 10.3 Å². The van der Waals surface area contributed by atoms with Gasteiger partial charge < -0.3 is 15.0 Å². The summed E-state index contributed by atoms with van der Waals surface area (Å²) in [5.74, 6) is 0.649. The number of thiazole rings is 1. The Hall–Kier alpha value is -2.67. The van der Waals surface area contributed by atoms with Gasteiger partial charge in [0, 0.05) is 37.5 Å². The molecule has 2 heterocycles. The van der Waals surface area contributed by atoms with Gasteiger partial charge in [-0.05, 0) is 43.5 Å². The van der Waals surface area contributed by atoms with E-state index in [-0.39, 0.29) is 11.8 Å². The zero-order chi connectivity index (χ0) is 21.2. The molecule has 1 aromatic carbocycles. The van der Waals surface area contributed by atoms with E-state index in [4.69, 9.17) is 4.74 Å². The lowest BCUT2D eigenvalue weighted by atomic mass is 10.2. The Labute approximate surface area is 182 Å². The number of nitrogens with zero attached hydrogens (tertiary/aromatic N) is 2. The minimum atomic E-state index is -0.206. The molecule has 0 atom stereocenters. The van der Waals surface area contributed by atoms with E-state index >= 15 is 0 Å². The van der Waals surface area contributed by atoms with Crippen molar-refractivity contribution in [3.8, 4) is 5.75 Å². The first-order chi connectivity index (χ1) is 14.6. The predicted octanol–water partition coefficient (Wildman–Crippen LogP) is 3.95. The van der Waals surface area contributed by atoms with Crippen LogP contribution in [-0.4, -0.2) is 41.3 Å². The van der Waals surface area contributed by atoms with Gasteiger partial charge in [-0.3, -0.25) is 9.59 Å². The highest BCUT2D eigenvalue weighted by Crippen LogP contribution is 2.17. The summed E-state index contributed by atoms with van der Waals surface area (Å²) in [7, 11) is 0. The van der Waals surface area contributed by atoms with E-state index in [1.165, 1.54) is 18.9 Å². The largest absolute Gasteiger partial charge is 0.487 e. The highest BCUT2D eigenvalue weighted by molar-refractivity contribution is 7.09. The van der Waals surface area contributed by atoms with Crippen molar-refractivity contribution in [3.63, 3.8) is 0 Å². The van der Waals surface area contributed by atoms with Crippen LogP contribution < -0.4 is 10.1 Å². The number of aryl methyl sites for hydroxylation is 1. The normalized spacial score (nSPS) is 14.5. The molecule has 0 bridgehead atoms.